The molecule has 1 aromatic rings. The first-order valence-corrected chi connectivity index (χ1v) is 7.89. The van der Waals surface area contributed by atoms with E-state index in [0.29, 0.717) is 0 Å². The van der Waals surface area contributed by atoms with Crippen molar-refractivity contribution in [2.24, 2.45) is 5.92 Å². The molecule has 0 amide bonds. The Hall–Kier alpha value is -0.180. The molecule has 1 nitrogen and oxygen atoms in total. The number of likely N-dealkylation sites (tertiary alicyclic amines) is 1. The van der Waals surface area contributed by atoms with Crippen molar-refractivity contribution >= 4 is 23.4 Å². The normalized spacial score (nSPS) is 28.5. The minimum Gasteiger partial charge on any atom is -0.302 e. The van der Waals surface area contributed by atoms with Crippen molar-refractivity contribution in [3.05, 3.63) is 29.8 Å². The van der Waals surface area contributed by atoms with Crippen LogP contribution in [0.25, 0.3) is 0 Å². The molecule has 17 heavy (non-hydrogen) atoms. The van der Waals surface area contributed by atoms with Crippen LogP contribution < -0.4 is 0 Å². The van der Waals surface area contributed by atoms with E-state index >= 15 is 0 Å². The third-order valence-corrected chi connectivity index (χ3v) is 5.55. The Labute approximate surface area is 113 Å². The molecule has 1 saturated heterocycles. The molecule has 2 aliphatic rings. The van der Waals surface area contributed by atoms with Gasteiger partial charge in [0.1, 0.15) is 0 Å². The number of hydrogen-bond donors (Lipinski definition) is 0. The first-order valence-electron chi connectivity index (χ1n) is 6.37. The molecule has 0 bridgehead atoms. The largest absolute Gasteiger partial charge is 0.302 e. The molecular weight excluding hydrogens is 250 g/mol. The SMILES string of the molecule is ClCC1CCN(CC2CSc3ccccc32)C1. The van der Waals surface area contributed by atoms with Gasteiger partial charge in [0.05, 0.1) is 0 Å². The summed E-state index contributed by atoms with van der Waals surface area (Å²) in [7, 11) is 0. The Balaban J connectivity index is 1.64. The van der Waals surface area contributed by atoms with Crippen molar-refractivity contribution in [2.45, 2.75) is 17.2 Å². The quantitative estimate of drug-likeness (QED) is 0.772. The summed E-state index contributed by atoms with van der Waals surface area (Å²) in [5, 5.41) is 0. The molecule has 3 heteroatoms. The Morgan fingerprint density at radius 1 is 1.35 bits per heavy atom. The summed E-state index contributed by atoms with van der Waals surface area (Å²) >= 11 is 7.95. The Morgan fingerprint density at radius 2 is 2.24 bits per heavy atom. The summed E-state index contributed by atoms with van der Waals surface area (Å²) < 4.78 is 0. The number of benzene rings is 1. The number of hydrogen-bond acceptors (Lipinski definition) is 2. The first kappa shape index (κ1) is 11.9. The van der Waals surface area contributed by atoms with Gasteiger partial charge in [-0.1, -0.05) is 18.2 Å². The summed E-state index contributed by atoms with van der Waals surface area (Å²) in [6.45, 7) is 3.66. The predicted molar refractivity (Wildman–Crippen MR) is 75.2 cm³/mol. The topological polar surface area (TPSA) is 3.24 Å². The Kier molecular flexibility index (Phi) is 3.64. The number of alkyl halides is 1. The summed E-state index contributed by atoms with van der Waals surface area (Å²) in [4.78, 5) is 4.09. The highest BCUT2D eigenvalue weighted by Gasteiger charge is 2.28. The van der Waals surface area contributed by atoms with E-state index in [1.54, 1.807) is 5.56 Å². The molecule has 3 rings (SSSR count). The molecule has 0 saturated carbocycles. The second kappa shape index (κ2) is 5.21. The highest BCUT2D eigenvalue weighted by atomic mass is 35.5. The molecular formula is C14H18ClNS. The summed E-state index contributed by atoms with van der Waals surface area (Å²) in [6, 6.07) is 8.87. The second-order valence-corrected chi connectivity index (χ2v) is 6.48. The van der Waals surface area contributed by atoms with Gasteiger partial charge in [-0.15, -0.1) is 23.4 Å². The van der Waals surface area contributed by atoms with Crippen LogP contribution in [0.1, 0.15) is 17.9 Å². The zero-order chi connectivity index (χ0) is 11.7. The molecule has 1 fully saturated rings. The van der Waals surface area contributed by atoms with Crippen LogP contribution in [0.4, 0.5) is 0 Å². The van der Waals surface area contributed by atoms with Gasteiger partial charge in [-0.3, -0.25) is 0 Å². The highest BCUT2D eigenvalue weighted by molar-refractivity contribution is 7.99. The lowest BCUT2D eigenvalue weighted by Gasteiger charge is -2.20. The van der Waals surface area contributed by atoms with Crippen molar-refractivity contribution in [2.75, 3.05) is 31.3 Å². The number of nitrogens with zero attached hydrogens (tertiary/aromatic N) is 1. The molecule has 0 spiro atoms. The van der Waals surface area contributed by atoms with Gasteiger partial charge in [-0.05, 0) is 30.5 Å². The van der Waals surface area contributed by atoms with Crippen LogP contribution in [0.2, 0.25) is 0 Å². The average molecular weight is 268 g/mol. The van der Waals surface area contributed by atoms with Gasteiger partial charge in [0, 0.05) is 35.5 Å². The minimum atomic E-state index is 0.723. The predicted octanol–water partition coefficient (Wildman–Crippen LogP) is 3.44. The maximum Gasteiger partial charge on any atom is 0.0264 e. The van der Waals surface area contributed by atoms with Gasteiger partial charge in [-0.25, -0.2) is 0 Å². The Bertz CT molecular complexity index is 396. The van der Waals surface area contributed by atoms with Gasteiger partial charge in [0.15, 0.2) is 0 Å². The molecule has 2 atom stereocenters. The molecule has 0 aliphatic carbocycles. The van der Waals surface area contributed by atoms with Crippen molar-refractivity contribution < 1.29 is 0 Å². The molecule has 0 N–H and O–H groups in total. The number of rotatable bonds is 3. The molecule has 2 heterocycles. The molecule has 2 aliphatic heterocycles. The van der Waals surface area contributed by atoms with Crippen LogP contribution in [-0.2, 0) is 0 Å². The van der Waals surface area contributed by atoms with Gasteiger partial charge in [-0.2, -0.15) is 0 Å². The summed E-state index contributed by atoms with van der Waals surface area (Å²) in [5.41, 5.74) is 1.56. The molecule has 0 radical (unpaired) electrons. The van der Waals surface area contributed by atoms with E-state index in [4.69, 9.17) is 11.6 Å². The van der Waals surface area contributed by atoms with Gasteiger partial charge >= 0.3 is 0 Å². The van der Waals surface area contributed by atoms with Crippen molar-refractivity contribution in [3.63, 3.8) is 0 Å². The Morgan fingerprint density at radius 3 is 3.06 bits per heavy atom. The van der Waals surface area contributed by atoms with Crippen LogP contribution in [0, 0.1) is 5.92 Å². The zero-order valence-corrected chi connectivity index (χ0v) is 11.5. The van der Waals surface area contributed by atoms with Gasteiger partial charge < -0.3 is 4.90 Å². The van der Waals surface area contributed by atoms with E-state index in [1.807, 2.05) is 11.8 Å². The second-order valence-electron chi connectivity index (χ2n) is 5.11. The monoisotopic (exact) mass is 267 g/mol. The van der Waals surface area contributed by atoms with E-state index < -0.39 is 0 Å². The van der Waals surface area contributed by atoms with E-state index in [9.17, 15) is 0 Å². The van der Waals surface area contributed by atoms with Crippen LogP contribution >= 0.6 is 23.4 Å². The van der Waals surface area contributed by atoms with Gasteiger partial charge in [0.2, 0.25) is 0 Å². The lowest BCUT2D eigenvalue weighted by Crippen LogP contribution is -2.26. The molecule has 1 aromatic carbocycles. The summed E-state index contributed by atoms with van der Waals surface area (Å²) in [6.07, 6.45) is 1.28. The minimum absolute atomic E-state index is 0.723. The van der Waals surface area contributed by atoms with E-state index in [0.717, 1.165) is 17.7 Å². The van der Waals surface area contributed by atoms with E-state index in [1.165, 1.54) is 36.7 Å². The van der Waals surface area contributed by atoms with Crippen molar-refractivity contribution in [1.82, 2.24) is 4.90 Å². The fraction of sp³-hybridized carbons (Fsp3) is 0.571. The number of fused-ring (bicyclic) bond motifs is 1. The third kappa shape index (κ3) is 2.49. The fourth-order valence-corrected chi connectivity index (χ4v) is 4.39. The molecule has 92 valence electrons. The van der Waals surface area contributed by atoms with Crippen molar-refractivity contribution in [3.8, 4) is 0 Å². The zero-order valence-electron chi connectivity index (χ0n) is 9.94. The maximum atomic E-state index is 5.94. The first-order chi connectivity index (χ1) is 8.36. The number of thioether (sulfide) groups is 1. The smallest absolute Gasteiger partial charge is 0.0264 e. The van der Waals surface area contributed by atoms with Crippen LogP contribution in [-0.4, -0.2) is 36.2 Å². The fourth-order valence-electron chi connectivity index (χ4n) is 2.90. The third-order valence-electron chi connectivity index (χ3n) is 3.87. The average Bonchev–Trinajstić information content (AvgIpc) is 2.97. The van der Waals surface area contributed by atoms with Crippen molar-refractivity contribution in [1.29, 1.82) is 0 Å². The van der Waals surface area contributed by atoms with Crippen LogP contribution in [0.3, 0.4) is 0 Å². The highest BCUT2D eigenvalue weighted by Crippen LogP contribution is 2.40. The maximum absolute atomic E-state index is 5.94. The lowest BCUT2D eigenvalue weighted by molar-refractivity contribution is 0.313. The van der Waals surface area contributed by atoms with Crippen LogP contribution in [0.15, 0.2) is 29.2 Å². The van der Waals surface area contributed by atoms with Gasteiger partial charge in [0.25, 0.3) is 0 Å². The van der Waals surface area contributed by atoms with E-state index in [-0.39, 0.29) is 0 Å². The molecule has 0 aromatic heterocycles. The van der Waals surface area contributed by atoms with Crippen LogP contribution in [0.5, 0.6) is 0 Å². The lowest BCUT2D eigenvalue weighted by atomic mass is 10.0. The van der Waals surface area contributed by atoms with E-state index in [2.05, 4.69) is 29.2 Å². The molecule has 2 unspecified atom stereocenters. The summed E-state index contributed by atoms with van der Waals surface area (Å²) in [5.74, 6) is 3.53. The number of halogens is 1. The standard InChI is InChI=1S/C14H18ClNS/c15-7-11-5-6-16(8-11)9-12-10-17-14-4-2-1-3-13(12)14/h1-4,11-12H,5-10H2.